The van der Waals surface area contributed by atoms with Crippen molar-refractivity contribution in [3.63, 3.8) is 0 Å². The van der Waals surface area contributed by atoms with Crippen molar-refractivity contribution < 1.29 is 27.4 Å². The zero-order valence-corrected chi connectivity index (χ0v) is 42.3. The number of aromatic nitrogens is 6. The van der Waals surface area contributed by atoms with Crippen molar-refractivity contribution >= 4 is 32.7 Å². The van der Waals surface area contributed by atoms with Crippen LogP contribution in [0.2, 0.25) is 0 Å². The zero-order valence-electron chi connectivity index (χ0n) is 42.3. The molecule has 0 saturated carbocycles. The number of benzene rings is 6. The molecule has 3 aliphatic heterocycles. The second-order valence-corrected chi connectivity index (χ2v) is 19.0. The van der Waals surface area contributed by atoms with Gasteiger partial charge in [0.25, 0.3) is 16.7 Å². The molecular formula is C63H51F3N6O6. The van der Waals surface area contributed by atoms with Crippen LogP contribution in [0.25, 0.3) is 32.7 Å². The first kappa shape index (κ1) is 52.5. The van der Waals surface area contributed by atoms with Gasteiger partial charge in [0, 0.05) is 53.2 Å². The fraction of sp³-hybridized carbons (Fsp3) is 0.238. The largest absolute Gasteiger partial charge is 0.376 e. The van der Waals surface area contributed by atoms with E-state index < -0.39 is 0 Å². The number of hydrogen-bond donors (Lipinski definition) is 0. The maximum Gasteiger partial charge on any atom is 0.261 e. The minimum Gasteiger partial charge on any atom is -0.376 e. The average Bonchev–Trinajstić information content (AvgIpc) is 4.34. The lowest BCUT2D eigenvalue weighted by Gasteiger charge is -2.11. The summed E-state index contributed by atoms with van der Waals surface area (Å²) >= 11 is 0. The van der Waals surface area contributed by atoms with Crippen LogP contribution in [0.3, 0.4) is 0 Å². The lowest BCUT2D eigenvalue weighted by Crippen LogP contribution is -2.26. The Balaban J connectivity index is 0.000000132. The van der Waals surface area contributed by atoms with E-state index >= 15 is 0 Å². The highest BCUT2D eigenvalue weighted by molar-refractivity contribution is 5.80. The van der Waals surface area contributed by atoms with Crippen molar-refractivity contribution in [2.75, 3.05) is 19.8 Å². The van der Waals surface area contributed by atoms with E-state index in [2.05, 4.69) is 50.5 Å². The standard InChI is InChI=1S/3C21H17FN2O2/c3*22-17-8-5-15(6-9-17)3-4-16-7-10-19-20(12-16)23-14-24(21(19)25)13-18-2-1-11-26-18/h3*5-10,12,14,18H,1-2,11,13H2. The van der Waals surface area contributed by atoms with E-state index in [4.69, 9.17) is 14.2 Å². The average molecular weight is 1050 g/mol. The molecule has 9 aromatic rings. The fourth-order valence-electron chi connectivity index (χ4n) is 9.15. The van der Waals surface area contributed by atoms with Gasteiger partial charge in [-0.1, -0.05) is 35.5 Å². The minimum absolute atomic E-state index is 0.0662. The van der Waals surface area contributed by atoms with Gasteiger partial charge in [-0.25, -0.2) is 28.1 Å². The first-order valence-electron chi connectivity index (χ1n) is 25.7. The third-order valence-corrected chi connectivity index (χ3v) is 13.3. The molecule has 390 valence electrons. The van der Waals surface area contributed by atoms with E-state index in [1.807, 2.05) is 0 Å². The summed E-state index contributed by atoms with van der Waals surface area (Å²) in [6.07, 6.45) is 11.0. The summed E-state index contributed by atoms with van der Waals surface area (Å²) in [4.78, 5) is 51.1. The molecule has 0 spiro atoms. The molecule has 3 saturated heterocycles. The maximum absolute atomic E-state index is 12.9. The van der Waals surface area contributed by atoms with Crippen LogP contribution in [0.15, 0.2) is 161 Å². The highest BCUT2D eigenvalue weighted by Crippen LogP contribution is 2.18. The highest BCUT2D eigenvalue weighted by atomic mass is 19.1. The molecular weight excluding hydrogens is 994 g/mol. The van der Waals surface area contributed by atoms with Gasteiger partial charge in [-0.05, 0) is 166 Å². The Hall–Kier alpha value is -8.91. The van der Waals surface area contributed by atoms with E-state index in [1.54, 1.807) is 124 Å². The monoisotopic (exact) mass is 1040 g/mol. The maximum atomic E-state index is 12.9. The molecule has 3 aromatic heterocycles. The predicted octanol–water partition coefficient (Wildman–Crippen LogP) is 9.34. The number of nitrogens with zero attached hydrogens (tertiary/aromatic N) is 6. The first-order chi connectivity index (χ1) is 38.1. The van der Waals surface area contributed by atoms with Crippen LogP contribution in [0.5, 0.6) is 0 Å². The van der Waals surface area contributed by atoms with Crippen LogP contribution in [-0.4, -0.2) is 66.8 Å². The number of hydrogen-bond acceptors (Lipinski definition) is 9. The topological polar surface area (TPSA) is 132 Å². The summed E-state index contributed by atoms with van der Waals surface area (Å²) in [6, 6.07) is 34.1. The third kappa shape index (κ3) is 13.5. The summed E-state index contributed by atoms with van der Waals surface area (Å²) in [6.45, 7) is 3.89. The molecule has 3 unspecified atom stereocenters. The van der Waals surface area contributed by atoms with Gasteiger partial charge in [0.15, 0.2) is 0 Å². The Bertz CT molecular complexity index is 3580. The Labute approximate surface area is 447 Å². The van der Waals surface area contributed by atoms with Crippen molar-refractivity contribution in [3.8, 4) is 35.5 Å². The van der Waals surface area contributed by atoms with Crippen molar-refractivity contribution in [3.05, 3.63) is 228 Å². The summed E-state index contributed by atoms with van der Waals surface area (Å²) in [5.41, 5.74) is 6.10. The smallest absolute Gasteiger partial charge is 0.261 e. The molecule has 12 nitrogen and oxygen atoms in total. The van der Waals surface area contributed by atoms with Crippen LogP contribution >= 0.6 is 0 Å². The molecule has 12 rings (SSSR count). The van der Waals surface area contributed by atoms with Crippen molar-refractivity contribution in [1.82, 2.24) is 28.7 Å². The molecule has 0 radical (unpaired) electrons. The van der Waals surface area contributed by atoms with Gasteiger partial charge in [-0.2, -0.15) is 0 Å². The number of rotatable bonds is 6. The lowest BCUT2D eigenvalue weighted by atomic mass is 10.1. The van der Waals surface area contributed by atoms with Gasteiger partial charge in [0.1, 0.15) is 17.5 Å². The molecule has 0 N–H and O–H groups in total. The third-order valence-electron chi connectivity index (χ3n) is 13.3. The summed E-state index contributed by atoms with van der Waals surface area (Å²) in [5, 5.41) is 1.70. The van der Waals surface area contributed by atoms with Crippen molar-refractivity contribution in [1.29, 1.82) is 0 Å². The Morgan fingerprint density at radius 2 is 0.641 bits per heavy atom. The molecule has 6 heterocycles. The molecule has 15 heteroatoms. The summed E-state index contributed by atoms with van der Waals surface area (Å²) < 4.78 is 60.4. The quantitative estimate of drug-likeness (QED) is 0.150. The van der Waals surface area contributed by atoms with Gasteiger partial charge in [-0.15, -0.1) is 0 Å². The molecule has 0 aliphatic carbocycles. The van der Waals surface area contributed by atoms with Crippen LogP contribution in [0, 0.1) is 53.0 Å². The lowest BCUT2D eigenvalue weighted by molar-refractivity contribution is 0.0959. The van der Waals surface area contributed by atoms with Crippen LogP contribution in [0.1, 0.15) is 71.9 Å². The second-order valence-electron chi connectivity index (χ2n) is 19.0. The van der Waals surface area contributed by atoms with Crippen molar-refractivity contribution in [2.24, 2.45) is 0 Å². The number of ether oxygens (including phenoxy) is 3. The van der Waals surface area contributed by atoms with Gasteiger partial charge in [0.05, 0.1) is 89.6 Å². The number of halogens is 3. The van der Waals surface area contributed by atoms with Crippen LogP contribution < -0.4 is 16.7 Å². The van der Waals surface area contributed by atoms with Gasteiger partial charge >= 0.3 is 0 Å². The zero-order chi connectivity index (χ0) is 53.8. The van der Waals surface area contributed by atoms with Crippen LogP contribution in [-0.2, 0) is 33.8 Å². The van der Waals surface area contributed by atoms with Crippen molar-refractivity contribution in [2.45, 2.75) is 76.5 Å². The van der Waals surface area contributed by atoms with Gasteiger partial charge in [-0.3, -0.25) is 28.1 Å². The van der Waals surface area contributed by atoms with Gasteiger partial charge in [0.2, 0.25) is 0 Å². The molecule has 6 aromatic carbocycles. The predicted molar refractivity (Wildman–Crippen MR) is 292 cm³/mol. The Morgan fingerprint density at radius 1 is 0.385 bits per heavy atom. The Morgan fingerprint density at radius 3 is 0.897 bits per heavy atom. The number of fused-ring (bicyclic) bond motifs is 3. The van der Waals surface area contributed by atoms with Gasteiger partial charge < -0.3 is 14.2 Å². The van der Waals surface area contributed by atoms with E-state index in [0.717, 1.165) is 91.7 Å². The first-order valence-corrected chi connectivity index (χ1v) is 25.7. The highest BCUT2D eigenvalue weighted by Gasteiger charge is 2.20. The molecule has 0 bridgehead atoms. The van der Waals surface area contributed by atoms with E-state index in [0.29, 0.717) is 52.3 Å². The van der Waals surface area contributed by atoms with E-state index in [1.165, 1.54) is 36.4 Å². The van der Waals surface area contributed by atoms with E-state index in [-0.39, 0.29) is 52.4 Å². The summed E-state index contributed by atoms with van der Waals surface area (Å²) in [7, 11) is 0. The minimum atomic E-state index is -0.287. The van der Waals surface area contributed by atoms with E-state index in [9.17, 15) is 27.6 Å². The molecule has 3 atom stereocenters. The second kappa shape index (κ2) is 24.8. The fourth-order valence-corrected chi connectivity index (χ4v) is 9.15. The summed E-state index contributed by atoms with van der Waals surface area (Å²) in [5.74, 6) is 17.2. The Kier molecular flexibility index (Phi) is 16.7. The molecule has 0 amide bonds. The SMILES string of the molecule is O=c1c2ccc(C#Cc3ccc(F)cc3)cc2ncn1CC1CCCO1.O=c1c2ccc(C#Cc3ccc(F)cc3)cc2ncn1CC1CCCO1.O=c1c2ccc(C#Cc3ccc(F)cc3)cc2ncn1CC1CCCO1. The van der Waals surface area contributed by atoms with Crippen LogP contribution in [0.4, 0.5) is 13.2 Å². The molecule has 3 fully saturated rings. The normalized spacial score (nSPS) is 16.4. The molecule has 78 heavy (non-hydrogen) atoms. The molecule has 3 aliphatic rings.